The predicted octanol–water partition coefficient (Wildman–Crippen LogP) is 3.61. The third-order valence-electron chi connectivity index (χ3n) is 4.61. The molecule has 0 aliphatic carbocycles. The summed E-state index contributed by atoms with van der Waals surface area (Å²) in [5, 5.41) is 6.49. The van der Waals surface area contributed by atoms with Gasteiger partial charge in [-0.15, -0.1) is 0 Å². The van der Waals surface area contributed by atoms with E-state index in [0.717, 1.165) is 17.7 Å². The van der Waals surface area contributed by atoms with Crippen LogP contribution in [0.25, 0.3) is 0 Å². The lowest BCUT2D eigenvalue weighted by atomic mass is 10.1. The Morgan fingerprint density at radius 3 is 2.34 bits per heavy atom. The largest absolute Gasteiger partial charge is 0.357 e. The highest BCUT2D eigenvalue weighted by Gasteiger charge is 2.11. The molecular formula is C23H31FN4O. The summed E-state index contributed by atoms with van der Waals surface area (Å²) in [6.07, 6.45) is 0.713. The van der Waals surface area contributed by atoms with Crippen LogP contribution in [0, 0.1) is 5.82 Å². The van der Waals surface area contributed by atoms with Crippen molar-refractivity contribution >= 4 is 11.9 Å². The molecule has 5 nitrogen and oxygen atoms in total. The van der Waals surface area contributed by atoms with Gasteiger partial charge in [0.1, 0.15) is 5.82 Å². The Balaban J connectivity index is 1.92. The number of amides is 1. The first-order valence-corrected chi connectivity index (χ1v) is 10.2. The monoisotopic (exact) mass is 398 g/mol. The number of rotatable bonds is 9. The van der Waals surface area contributed by atoms with Crippen molar-refractivity contribution in [3.05, 3.63) is 71.0 Å². The maximum Gasteiger partial charge on any atom is 0.253 e. The highest BCUT2D eigenvalue weighted by molar-refractivity contribution is 5.94. The Labute approximate surface area is 173 Å². The van der Waals surface area contributed by atoms with E-state index < -0.39 is 0 Å². The first kappa shape index (κ1) is 22.4. The van der Waals surface area contributed by atoms with Crippen molar-refractivity contribution in [3.63, 3.8) is 0 Å². The standard InChI is InChI=1S/C23H31FN4O/c1-4-25-23(26-15-14-18-8-7-9-21(24)16-18)27-17-19-10-12-20(13-11-19)22(29)28(5-2)6-3/h7-13,16H,4-6,14-15,17H2,1-3H3,(H2,25,26,27). The van der Waals surface area contributed by atoms with Gasteiger partial charge in [0.15, 0.2) is 5.96 Å². The Bertz CT molecular complexity index is 801. The van der Waals surface area contributed by atoms with Crippen LogP contribution < -0.4 is 10.6 Å². The van der Waals surface area contributed by atoms with Crippen molar-refractivity contribution in [1.29, 1.82) is 0 Å². The van der Waals surface area contributed by atoms with Gasteiger partial charge in [-0.1, -0.05) is 24.3 Å². The van der Waals surface area contributed by atoms with Gasteiger partial charge >= 0.3 is 0 Å². The van der Waals surface area contributed by atoms with Crippen LogP contribution in [0.15, 0.2) is 53.5 Å². The molecule has 0 spiro atoms. The molecule has 1 amide bonds. The second-order valence-corrected chi connectivity index (χ2v) is 6.68. The van der Waals surface area contributed by atoms with Gasteiger partial charge in [-0.05, 0) is 62.6 Å². The summed E-state index contributed by atoms with van der Waals surface area (Å²) in [6, 6.07) is 14.2. The number of hydrogen-bond donors (Lipinski definition) is 2. The third kappa shape index (κ3) is 7.22. The summed E-state index contributed by atoms with van der Waals surface area (Å²) >= 11 is 0. The lowest BCUT2D eigenvalue weighted by molar-refractivity contribution is 0.0773. The maximum atomic E-state index is 13.3. The zero-order valence-corrected chi connectivity index (χ0v) is 17.5. The molecular weight excluding hydrogens is 367 g/mol. The van der Waals surface area contributed by atoms with Crippen LogP contribution in [-0.2, 0) is 13.0 Å². The molecule has 0 heterocycles. The van der Waals surface area contributed by atoms with Gasteiger partial charge in [-0.3, -0.25) is 4.79 Å². The molecule has 0 bridgehead atoms. The van der Waals surface area contributed by atoms with E-state index in [9.17, 15) is 9.18 Å². The van der Waals surface area contributed by atoms with Crippen LogP contribution in [0.5, 0.6) is 0 Å². The van der Waals surface area contributed by atoms with Crippen LogP contribution in [0.1, 0.15) is 42.3 Å². The van der Waals surface area contributed by atoms with E-state index in [1.54, 1.807) is 17.0 Å². The summed E-state index contributed by atoms with van der Waals surface area (Å²) in [4.78, 5) is 18.8. The quantitative estimate of drug-likeness (QED) is 0.501. The second kappa shape index (κ2) is 11.8. The molecule has 6 heteroatoms. The molecule has 156 valence electrons. The zero-order valence-electron chi connectivity index (χ0n) is 17.5. The summed E-state index contributed by atoms with van der Waals surface area (Å²) in [5.41, 5.74) is 2.67. The molecule has 0 unspecified atom stereocenters. The molecule has 0 aromatic heterocycles. The summed E-state index contributed by atoms with van der Waals surface area (Å²) < 4.78 is 13.3. The van der Waals surface area contributed by atoms with E-state index in [1.807, 2.05) is 51.1 Å². The second-order valence-electron chi connectivity index (χ2n) is 6.68. The van der Waals surface area contributed by atoms with Gasteiger partial charge in [0.05, 0.1) is 6.54 Å². The molecule has 29 heavy (non-hydrogen) atoms. The van der Waals surface area contributed by atoms with E-state index in [2.05, 4.69) is 15.6 Å². The topological polar surface area (TPSA) is 56.7 Å². The fourth-order valence-electron chi connectivity index (χ4n) is 2.98. The molecule has 0 aliphatic rings. The fourth-order valence-corrected chi connectivity index (χ4v) is 2.98. The average molecular weight is 399 g/mol. The fraction of sp³-hybridized carbons (Fsp3) is 0.391. The predicted molar refractivity (Wildman–Crippen MR) is 117 cm³/mol. The smallest absolute Gasteiger partial charge is 0.253 e. The van der Waals surface area contributed by atoms with Gasteiger partial charge in [-0.25, -0.2) is 9.38 Å². The van der Waals surface area contributed by atoms with Gasteiger partial charge in [0.25, 0.3) is 5.91 Å². The highest BCUT2D eigenvalue weighted by Crippen LogP contribution is 2.09. The van der Waals surface area contributed by atoms with Crippen molar-refractivity contribution < 1.29 is 9.18 Å². The van der Waals surface area contributed by atoms with Gasteiger partial charge in [0, 0.05) is 31.7 Å². The number of halogens is 1. The minimum atomic E-state index is -0.217. The Kier molecular flexibility index (Phi) is 9.15. The van der Waals surface area contributed by atoms with Crippen LogP contribution >= 0.6 is 0 Å². The van der Waals surface area contributed by atoms with Crippen molar-refractivity contribution in [3.8, 4) is 0 Å². The third-order valence-corrected chi connectivity index (χ3v) is 4.61. The first-order valence-electron chi connectivity index (χ1n) is 10.2. The van der Waals surface area contributed by atoms with E-state index >= 15 is 0 Å². The molecule has 2 aromatic carbocycles. The molecule has 0 radical (unpaired) electrons. The van der Waals surface area contributed by atoms with Crippen molar-refractivity contribution in [2.75, 3.05) is 26.2 Å². The Morgan fingerprint density at radius 2 is 1.72 bits per heavy atom. The number of hydrogen-bond acceptors (Lipinski definition) is 2. The summed E-state index contributed by atoms with van der Waals surface area (Å²) in [7, 11) is 0. The molecule has 0 aliphatic heterocycles. The SMILES string of the molecule is CCNC(=NCc1ccc(C(=O)N(CC)CC)cc1)NCCc1cccc(F)c1. The average Bonchev–Trinajstić information content (AvgIpc) is 2.73. The highest BCUT2D eigenvalue weighted by atomic mass is 19.1. The van der Waals surface area contributed by atoms with E-state index in [0.29, 0.717) is 44.1 Å². The number of benzene rings is 2. The minimum absolute atomic E-state index is 0.0532. The number of aliphatic imine (C=N–C) groups is 1. The van der Waals surface area contributed by atoms with Gasteiger partial charge in [0.2, 0.25) is 0 Å². The Morgan fingerprint density at radius 1 is 1.00 bits per heavy atom. The molecule has 2 rings (SSSR count). The normalized spacial score (nSPS) is 11.2. The molecule has 2 N–H and O–H groups in total. The van der Waals surface area contributed by atoms with Crippen LogP contribution in [0.4, 0.5) is 4.39 Å². The first-order chi connectivity index (χ1) is 14.1. The molecule has 2 aromatic rings. The van der Waals surface area contributed by atoms with Crippen molar-refractivity contribution in [2.24, 2.45) is 4.99 Å². The van der Waals surface area contributed by atoms with Crippen LogP contribution in [0.3, 0.4) is 0 Å². The Hall–Kier alpha value is -2.89. The lowest BCUT2D eigenvalue weighted by Gasteiger charge is -2.18. The lowest BCUT2D eigenvalue weighted by Crippen LogP contribution is -2.38. The van der Waals surface area contributed by atoms with Gasteiger partial charge in [-0.2, -0.15) is 0 Å². The molecule has 0 atom stereocenters. The van der Waals surface area contributed by atoms with E-state index in [-0.39, 0.29) is 11.7 Å². The summed E-state index contributed by atoms with van der Waals surface area (Å²) in [6.45, 7) is 9.30. The zero-order chi connectivity index (χ0) is 21.1. The van der Waals surface area contributed by atoms with E-state index in [4.69, 9.17) is 0 Å². The van der Waals surface area contributed by atoms with Crippen LogP contribution in [-0.4, -0.2) is 42.9 Å². The maximum absolute atomic E-state index is 13.3. The number of guanidine groups is 1. The number of carbonyl (C=O) groups excluding carboxylic acids is 1. The van der Waals surface area contributed by atoms with Crippen molar-refractivity contribution in [2.45, 2.75) is 33.7 Å². The number of nitrogens with one attached hydrogen (secondary N) is 2. The minimum Gasteiger partial charge on any atom is -0.357 e. The van der Waals surface area contributed by atoms with Gasteiger partial charge < -0.3 is 15.5 Å². The van der Waals surface area contributed by atoms with Crippen LogP contribution in [0.2, 0.25) is 0 Å². The summed E-state index contributed by atoms with van der Waals surface area (Å²) in [5.74, 6) is 0.551. The molecule has 0 fully saturated rings. The van der Waals surface area contributed by atoms with Crippen molar-refractivity contribution in [1.82, 2.24) is 15.5 Å². The number of carbonyl (C=O) groups is 1. The van der Waals surface area contributed by atoms with E-state index in [1.165, 1.54) is 6.07 Å². The number of nitrogens with zero attached hydrogens (tertiary/aromatic N) is 2. The molecule has 0 saturated heterocycles. The molecule has 0 saturated carbocycles.